The molecule has 0 saturated heterocycles. The second-order valence-electron chi connectivity index (χ2n) is 5.20. The fraction of sp³-hybridized carbons (Fsp3) is 0.167. The van der Waals surface area contributed by atoms with Crippen molar-refractivity contribution in [1.29, 1.82) is 0 Å². The molecular weight excluding hydrogens is 290 g/mol. The minimum atomic E-state index is -0.399. The highest BCUT2D eigenvalue weighted by Crippen LogP contribution is 2.22. The van der Waals surface area contributed by atoms with Gasteiger partial charge in [0.25, 0.3) is 0 Å². The molecule has 5 nitrogen and oxygen atoms in total. The average Bonchev–Trinajstić information content (AvgIpc) is 3.07. The summed E-state index contributed by atoms with van der Waals surface area (Å²) in [5.74, 6) is -0.117. The average molecular weight is 307 g/mol. The number of carbonyl (C=O) groups is 1. The number of aryl methyl sites for hydroxylation is 2. The molecule has 0 fully saturated rings. The summed E-state index contributed by atoms with van der Waals surface area (Å²) in [6, 6.07) is 15.3. The zero-order valence-electron chi connectivity index (χ0n) is 13.0. The Morgan fingerprint density at radius 3 is 2.61 bits per heavy atom. The van der Waals surface area contributed by atoms with Gasteiger partial charge in [-0.2, -0.15) is 0 Å². The maximum absolute atomic E-state index is 12.4. The maximum Gasteiger partial charge on any atom is 0.313 e. The Morgan fingerprint density at radius 2 is 1.87 bits per heavy atom. The van der Waals surface area contributed by atoms with E-state index in [2.05, 4.69) is 15.5 Å². The van der Waals surface area contributed by atoms with Gasteiger partial charge in [-0.15, -0.1) is 10.2 Å². The normalized spacial score (nSPS) is 10.5. The zero-order chi connectivity index (χ0) is 16.2. The van der Waals surface area contributed by atoms with E-state index in [9.17, 15) is 4.79 Å². The first-order chi connectivity index (χ1) is 11.2. The molecular formula is C18H17N3O2. The van der Waals surface area contributed by atoms with Crippen LogP contribution in [0.25, 0.3) is 11.5 Å². The van der Waals surface area contributed by atoms with E-state index in [1.807, 2.05) is 62.4 Å². The minimum Gasteiger partial charge on any atom is -0.412 e. The van der Waals surface area contributed by atoms with Crippen LogP contribution < -0.4 is 5.32 Å². The number of para-hydroxylation sites is 1. The maximum atomic E-state index is 12.4. The number of hydrogen-bond acceptors (Lipinski definition) is 4. The summed E-state index contributed by atoms with van der Waals surface area (Å²) in [5.41, 5.74) is 3.66. The van der Waals surface area contributed by atoms with Crippen LogP contribution in [0.15, 0.2) is 52.9 Å². The number of hydrogen-bond donors (Lipinski definition) is 1. The number of nitrogens with one attached hydrogen (secondary N) is 1. The Labute approximate surface area is 134 Å². The predicted octanol–water partition coefficient (Wildman–Crippen LogP) is 3.86. The predicted molar refractivity (Wildman–Crippen MR) is 88.2 cm³/mol. The number of benzene rings is 2. The number of anilines is 1. The van der Waals surface area contributed by atoms with Crippen molar-refractivity contribution in [3.05, 3.63) is 65.5 Å². The van der Waals surface area contributed by atoms with Gasteiger partial charge in [-0.3, -0.25) is 4.79 Å². The zero-order valence-corrected chi connectivity index (χ0v) is 13.0. The molecule has 1 aromatic heterocycles. The van der Waals surface area contributed by atoms with Crippen LogP contribution in [0.1, 0.15) is 28.7 Å². The topological polar surface area (TPSA) is 68.0 Å². The second-order valence-corrected chi connectivity index (χ2v) is 5.20. The highest BCUT2D eigenvalue weighted by atomic mass is 16.4. The van der Waals surface area contributed by atoms with Gasteiger partial charge in [0.2, 0.25) is 5.89 Å². The van der Waals surface area contributed by atoms with Gasteiger partial charge in [0.05, 0.1) is 0 Å². The van der Waals surface area contributed by atoms with Gasteiger partial charge in [-0.25, -0.2) is 0 Å². The lowest BCUT2D eigenvalue weighted by Gasteiger charge is -2.11. The summed E-state index contributed by atoms with van der Waals surface area (Å²) < 4.78 is 5.48. The Balaban J connectivity index is 1.84. The Morgan fingerprint density at radius 1 is 1.09 bits per heavy atom. The summed E-state index contributed by atoms with van der Waals surface area (Å²) in [6.07, 6.45) is 0.830. The molecule has 116 valence electrons. The highest BCUT2D eigenvalue weighted by molar-refractivity contribution is 6.01. The van der Waals surface area contributed by atoms with Crippen LogP contribution in [0.2, 0.25) is 0 Å². The molecule has 5 heteroatoms. The van der Waals surface area contributed by atoms with E-state index >= 15 is 0 Å². The molecule has 3 rings (SSSR count). The minimum absolute atomic E-state index is 0.0471. The molecule has 0 saturated carbocycles. The van der Waals surface area contributed by atoms with Crippen molar-refractivity contribution < 1.29 is 9.21 Å². The van der Waals surface area contributed by atoms with Crippen molar-refractivity contribution in [3.63, 3.8) is 0 Å². The molecule has 0 aliphatic carbocycles. The van der Waals surface area contributed by atoms with Gasteiger partial charge in [0.1, 0.15) is 0 Å². The van der Waals surface area contributed by atoms with E-state index in [4.69, 9.17) is 4.42 Å². The Hall–Kier alpha value is -2.95. The monoisotopic (exact) mass is 307 g/mol. The van der Waals surface area contributed by atoms with E-state index in [0.29, 0.717) is 5.89 Å². The van der Waals surface area contributed by atoms with Crippen LogP contribution in [0.5, 0.6) is 0 Å². The van der Waals surface area contributed by atoms with E-state index in [1.165, 1.54) is 0 Å². The number of nitrogens with zero attached hydrogens (tertiary/aromatic N) is 2. The molecule has 0 aliphatic heterocycles. The fourth-order valence-corrected chi connectivity index (χ4v) is 2.38. The lowest BCUT2D eigenvalue weighted by molar-refractivity contribution is 0.0990. The third-order valence-corrected chi connectivity index (χ3v) is 3.62. The van der Waals surface area contributed by atoms with Crippen molar-refractivity contribution in [2.45, 2.75) is 20.3 Å². The van der Waals surface area contributed by atoms with E-state index in [0.717, 1.165) is 28.8 Å². The second kappa shape index (κ2) is 6.44. The number of aromatic nitrogens is 2. The Kier molecular flexibility index (Phi) is 4.19. The molecule has 1 heterocycles. The van der Waals surface area contributed by atoms with Gasteiger partial charge in [-0.05, 0) is 36.6 Å². The van der Waals surface area contributed by atoms with Gasteiger partial charge in [0.15, 0.2) is 0 Å². The number of carbonyl (C=O) groups excluding carboxylic acids is 1. The first-order valence-corrected chi connectivity index (χ1v) is 7.47. The van der Waals surface area contributed by atoms with Crippen molar-refractivity contribution in [3.8, 4) is 11.5 Å². The smallest absolute Gasteiger partial charge is 0.313 e. The number of rotatable bonds is 4. The van der Waals surface area contributed by atoms with Crippen molar-refractivity contribution >= 4 is 11.6 Å². The number of amides is 1. The first-order valence-electron chi connectivity index (χ1n) is 7.47. The lowest BCUT2D eigenvalue weighted by Crippen LogP contribution is -2.14. The van der Waals surface area contributed by atoms with Crippen LogP contribution in [-0.2, 0) is 6.42 Å². The van der Waals surface area contributed by atoms with Crippen molar-refractivity contribution in [1.82, 2.24) is 10.2 Å². The molecule has 0 radical (unpaired) electrons. The lowest BCUT2D eigenvalue weighted by atomic mass is 10.1. The fourth-order valence-electron chi connectivity index (χ4n) is 2.38. The van der Waals surface area contributed by atoms with Crippen molar-refractivity contribution in [2.75, 3.05) is 5.32 Å². The van der Waals surface area contributed by atoms with E-state index < -0.39 is 5.91 Å². The van der Waals surface area contributed by atoms with Crippen LogP contribution in [0.4, 0.5) is 5.69 Å². The molecule has 0 aliphatic rings. The van der Waals surface area contributed by atoms with Gasteiger partial charge < -0.3 is 9.73 Å². The van der Waals surface area contributed by atoms with Crippen LogP contribution in [0.3, 0.4) is 0 Å². The SMILES string of the molecule is CCc1cccc(C)c1NC(=O)c1nnc(-c2ccccc2)o1. The first kappa shape index (κ1) is 15.0. The largest absolute Gasteiger partial charge is 0.412 e. The summed E-state index contributed by atoms with van der Waals surface area (Å²) in [6.45, 7) is 4.00. The molecule has 0 bridgehead atoms. The van der Waals surface area contributed by atoms with Crippen molar-refractivity contribution in [2.24, 2.45) is 0 Å². The highest BCUT2D eigenvalue weighted by Gasteiger charge is 2.17. The van der Waals surface area contributed by atoms with Gasteiger partial charge in [-0.1, -0.05) is 43.3 Å². The molecule has 0 atom stereocenters. The molecule has 2 aromatic carbocycles. The van der Waals surface area contributed by atoms with Crippen LogP contribution >= 0.6 is 0 Å². The van der Waals surface area contributed by atoms with Gasteiger partial charge >= 0.3 is 11.8 Å². The summed E-state index contributed by atoms with van der Waals surface area (Å²) >= 11 is 0. The van der Waals surface area contributed by atoms with Crippen LogP contribution in [-0.4, -0.2) is 16.1 Å². The summed E-state index contributed by atoms with van der Waals surface area (Å²) in [4.78, 5) is 12.4. The molecule has 1 N–H and O–H groups in total. The molecule has 0 unspecified atom stereocenters. The molecule has 0 spiro atoms. The van der Waals surface area contributed by atoms with Crippen LogP contribution in [0, 0.1) is 6.92 Å². The molecule has 3 aromatic rings. The molecule has 1 amide bonds. The standard InChI is InChI=1S/C18H17N3O2/c1-3-13-11-7-8-12(2)15(13)19-16(22)18-21-20-17(23-18)14-9-5-4-6-10-14/h4-11H,3H2,1-2H3,(H,19,22). The third kappa shape index (κ3) is 3.13. The Bertz CT molecular complexity index is 825. The molecule has 23 heavy (non-hydrogen) atoms. The third-order valence-electron chi connectivity index (χ3n) is 3.62. The van der Waals surface area contributed by atoms with E-state index in [1.54, 1.807) is 0 Å². The summed E-state index contributed by atoms with van der Waals surface area (Å²) in [5, 5.41) is 10.7. The van der Waals surface area contributed by atoms with Gasteiger partial charge in [0, 0.05) is 11.3 Å². The summed E-state index contributed by atoms with van der Waals surface area (Å²) in [7, 11) is 0. The van der Waals surface area contributed by atoms with E-state index in [-0.39, 0.29) is 5.89 Å². The quantitative estimate of drug-likeness (QED) is 0.794.